The second kappa shape index (κ2) is 6.10. The smallest absolute Gasteiger partial charge is 0.338 e. The van der Waals surface area contributed by atoms with Crippen LogP contribution in [0, 0.1) is 17.8 Å². The van der Waals surface area contributed by atoms with E-state index in [4.69, 9.17) is 5.11 Å². The Morgan fingerprint density at radius 3 is 2.86 bits per heavy atom. The summed E-state index contributed by atoms with van der Waals surface area (Å²) in [4.78, 5) is 22.8. The van der Waals surface area contributed by atoms with Gasteiger partial charge in [0.15, 0.2) is 0 Å². The molecule has 1 amide bonds. The molecule has 4 unspecified atom stereocenters. The minimum Gasteiger partial charge on any atom is -0.478 e. The maximum absolute atomic E-state index is 12.1. The molecule has 2 N–H and O–H groups in total. The lowest BCUT2D eigenvalue weighted by Gasteiger charge is -2.28. The standard InChI is InChI=1S/C16H23N3O3/c1-10(14-7-11-2-3-12(14)6-11)18-15(20)4-5-19-9-13(8-17-19)16(21)22/h8-12,14H,2-7H2,1H3,(H,18,20)(H,21,22). The van der Waals surface area contributed by atoms with Gasteiger partial charge in [-0.1, -0.05) is 6.42 Å². The van der Waals surface area contributed by atoms with Gasteiger partial charge in [0.05, 0.1) is 11.8 Å². The van der Waals surface area contributed by atoms with Crippen molar-refractivity contribution in [3.63, 3.8) is 0 Å². The first-order valence-electron chi connectivity index (χ1n) is 8.08. The number of nitrogens with one attached hydrogen (secondary N) is 1. The van der Waals surface area contributed by atoms with E-state index in [0.717, 1.165) is 11.8 Å². The fraction of sp³-hybridized carbons (Fsp3) is 0.688. The van der Waals surface area contributed by atoms with Crippen LogP contribution in [0.4, 0.5) is 0 Å². The van der Waals surface area contributed by atoms with Crippen LogP contribution in [-0.4, -0.2) is 32.8 Å². The zero-order valence-corrected chi connectivity index (χ0v) is 12.9. The summed E-state index contributed by atoms with van der Waals surface area (Å²) < 4.78 is 1.51. The van der Waals surface area contributed by atoms with E-state index in [1.165, 1.54) is 42.8 Å². The third-order valence-corrected chi connectivity index (χ3v) is 5.27. The third kappa shape index (κ3) is 3.15. The number of carboxylic acids is 1. The molecule has 1 aromatic heterocycles. The Balaban J connectivity index is 1.45. The van der Waals surface area contributed by atoms with E-state index in [0.29, 0.717) is 18.9 Å². The molecule has 1 heterocycles. The Morgan fingerprint density at radius 2 is 2.27 bits per heavy atom. The van der Waals surface area contributed by atoms with Crippen LogP contribution in [0.2, 0.25) is 0 Å². The van der Waals surface area contributed by atoms with E-state index < -0.39 is 5.97 Å². The molecule has 6 nitrogen and oxygen atoms in total. The van der Waals surface area contributed by atoms with Gasteiger partial charge in [-0.15, -0.1) is 0 Å². The van der Waals surface area contributed by atoms with Crippen LogP contribution in [-0.2, 0) is 11.3 Å². The first-order chi connectivity index (χ1) is 10.5. The molecule has 0 radical (unpaired) electrons. The highest BCUT2D eigenvalue weighted by atomic mass is 16.4. The van der Waals surface area contributed by atoms with Crippen LogP contribution in [0.5, 0.6) is 0 Å². The topological polar surface area (TPSA) is 84.2 Å². The van der Waals surface area contributed by atoms with Gasteiger partial charge in [0.25, 0.3) is 0 Å². The molecule has 2 fully saturated rings. The van der Waals surface area contributed by atoms with Crippen molar-refractivity contribution in [3.8, 4) is 0 Å². The number of hydrogen-bond donors (Lipinski definition) is 2. The Labute approximate surface area is 129 Å². The molecule has 120 valence electrons. The molecule has 0 aromatic carbocycles. The summed E-state index contributed by atoms with van der Waals surface area (Å²) in [6.45, 7) is 2.52. The summed E-state index contributed by atoms with van der Waals surface area (Å²) >= 11 is 0. The van der Waals surface area contributed by atoms with Gasteiger partial charge < -0.3 is 10.4 Å². The highest BCUT2D eigenvalue weighted by Gasteiger charge is 2.42. The second-order valence-electron chi connectivity index (χ2n) is 6.74. The van der Waals surface area contributed by atoms with Gasteiger partial charge in [-0.25, -0.2) is 4.79 Å². The maximum atomic E-state index is 12.1. The highest BCUT2D eigenvalue weighted by Crippen LogP contribution is 2.49. The quantitative estimate of drug-likeness (QED) is 0.841. The molecule has 0 saturated heterocycles. The second-order valence-corrected chi connectivity index (χ2v) is 6.74. The lowest BCUT2D eigenvalue weighted by Crippen LogP contribution is -2.40. The summed E-state index contributed by atoms with van der Waals surface area (Å²) in [5.74, 6) is 1.33. The minimum atomic E-state index is -0.999. The molecule has 6 heteroatoms. The maximum Gasteiger partial charge on any atom is 0.338 e. The molecule has 2 bridgehead atoms. The van der Waals surface area contributed by atoms with Crippen LogP contribution >= 0.6 is 0 Å². The Bertz CT molecular complexity index is 569. The fourth-order valence-corrected chi connectivity index (χ4v) is 4.15. The molecule has 22 heavy (non-hydrogen) atoms. The van der Waals surface area contributed by atoms with Gasteiger partial charge in [-0.05, 0) is 43.9 Å². The number of amides is 1. The third-order valence-electron chi connectivity index (χ3n) is 5.27. The van der Waals surface area contributed by atoms with Crippen LogP contribution in [0.3, 0.4) is 0 Å². The van der Waals surface area contributed by atoms with Crippen molar-refractivity contribution >= 4 is 11.9 Å². The number of aromatic carboxylic acids is 1. The predicted molar refractivity (Wildman–Crippen MR) is 80.3 cm³/mol. The van der Waals surface area contributed by atoms with E-state index in [1.807, 2.05) is 0 Å². The summed E-state index contributed by atoms with van der Waals surface area (Å²) in [6.07, 6.45) is 8.37. The van der Waals surface area contributed by atoms with Gasteiger partial charge in [-0.3, -0.25) is 9.48 Å². The van der Waals surface area contributed by atoms with Gasteiger partial charge in [0.1, 0.15) is 0 Å². The lowest BCUT2D eigenvalue weighted by atomic mass is 9.84. The van der Waals surface area contributed by atoms with Crippen molar-refractivity contribution in [1.29, 1.82) is 0 Å². The number of rotatable bonds is 6. The average molecular weight is 305 g/mol. The van der Waals surface area contributed by atoms with Crippen molar-refractivity contribution < 1.29 is 14.7 Å². The fourth-order valence-electron chi connectivity index (χ4n) is 4.15. The Kier molecular flexibility index (Phi) is 4.18. The van der Waals surface area contributed by atoms with Crippen molar-refractivity contribution in [3.05, 3.63) is 18.0 Å². The molecule has 2 aliphatic carbocycles. The number of carbonyl (C=O) groups excluding carboxylic acids is 1. The van der Waals surface area contributed by atoms with Crippen molar-refractivity contribution in [2.75, 3.05) is 0 Å². The van der Waals surface area contributed by atoms with Crippen molar-refractivity contribution in [2.45, 2.75) is 51.6 Å². The monoisotopic (exact) mass is 305 g/mol. The molecule has 0 aliphatic heterocycles. The van der Waals surface area contributed by atoms with Crippen LogP contribution in [0.1, 0.15) is 49.4 Å². The average Bonchev–Trinajstić information content (AvgIpc) is 3.20. The molecule has 3 rings (SSSR count). The summed E-state index contributed by atoms with van der Waals surface area (Å²) in [6, 6.07) is 0.231. The van der Waals surface area contributed by atoms with Crippen LogP contribution in [0.15, 0.2) is 12.4 Å². The number of fused-ring (bicyclic) bond motifs is 2. The lowest BCUT2D eigenvalue weighted by molar-refractivity contribution is -0.122. The molecule has 2 aliphatic rings. The van der Waals surface area contributed by atoms with Crippen LogP contribution < -0.4 is 5.32 Å². The normalized spacial score (nSPS) is 27.8. The molecule has 2 saturated carbocycles. The van der Waals surface area contributed by atoms with E-state index in [-0.39, 0.29) is 17.5 Å². The zero-order valence-electron chi connectivity index (χ0n) is 12.9. The van der Waals surface area contributed by atoms with E-state index >= 15 is 0 Å². The molecule has 4 atom stereocenters. The van der Waals surface area contributed by atoms with Gasteiger partial charge in [0, 0.05) is 25.2 Å². The largest absolute Gasteiger partial charge is 0.478 e. The summed E-state index contributed by atoms with van der Waals surface area (Å²) in [5, 5.41) is 15.9. The van der Waals surface area contributed by atoms with E-state index in [2.05, 4.69) is 17.3 Å². The number of aryl methyl sites for hydroxylation is 1. The van der Waals surface area contributed by atoms with Crippen molar-refractivity contribution in [1.82, 2.24) is 15.1 Å². The SMILES string of the molecule is CC(NC(=O)CCn1cc(C(=O)O)cn1)C1CC2CCC1C2. The minimum absolute atomic E-state index is 0.0163. The predicted octanol–water partition coefficient (Wildman–Crippen LogP) is 1.91. The van der Waals surface area contributed by atoms with E-state index in [1.54, 1.807) is 0 Å². The Hall–Kier alpha value is -1.85. The number of nitrogens with zero attached hydrogens (tertiary/aromatic N) is 2. The first-order valence-corrected chi connectivity index (χ1v) is 8.08. The molecular formula is C16H23N3O3. The number of aromatic nitrogens is 2. The van der Waals surface area contributed by atoms with Crippen LogP contribution in [0.25, 0.3) is 0 Å². The van der Waals surface area contributed by atoms with E-state index in [9.17, 15) is 9.59 Å². The van der Waals surface area contributed by atoms with Gasteiger partial charge in [0.2, 0.25) is 5.91 Å². The molecule has 0 spiro atoms. The molecule has 1 aromatic rings. The van der Waals surface area contributed by atoms with Gasteiger partial charge in [-0.2, -0.15) is 5.10 Å². The number of carbonyl (C=O) groups is 2. The molecular weight excluding hydrogens is 282 g/mol. The van der Waals surface area contributed by atoms with Gasteiger partial charge >= 0.3 is 5.97 Å². The first kappa shape index (κ1) is 15.1. The number of hydrogen-bond acceptors (Lipinski definition) is 3. The summed E-state index contributed by atoms with van der Waals surface area (Å²) in [5.41, 5.74) is 0.149. The van der Waals surface area contributed by atoms with Crippen molar-refractivity contribution in [2.24, 2.45) is 17.8 Å². The highest BCUT2D eigenvalue weighted by molar-refractivity contribution is 5.86. The zero-order chi connectivity index (χ0) is 15.7. The summed E-state index contributed by atoms with van der Waals surface area (Å²) in [7, 11) is 0. The number of carboxylic acid groups (broad SMARTS) is 1. The Morgan fingerprint density at radius 1 is 1.45 bits per heavy atom.